The first-order valence-corrected chi connectivity index (χ1v) is 11.5. The van der Waals surface area contributed by atoms with E-state index in [0.717, 1.165) is 11.3 Å². The van der Waals surface area contributed by atoms with Gasteiger partial charge in [0.1, 0.15) is 11.5 Å². The van der Waals surface area contributed by atoms with E-state index in [1.807, 2.05) is 31.2 Å². The summed E-state index contributed by atoms with van der Waals surface area (Å²) in [5.41, 5.74) is 0.912. The van der Waals surface area contributed by atoms with E-state index in [1.54, 1.807) is 31.4 Å². The molecule has 0 saturated carbocycles. The van der Waals surface area contributed by atoms with Crippen LogP contribution in [0.4, 0.5) is 0 Å². The first-order valence-electron chi connectivity index (χ1n) is 10.1. The number of nitrogens with one attached hydrogen (secondary N) is 1. The predicted molar refractivity (Wildman–Crippen MR) is 114 cm³/mol. The Bertz CT molecular complexity index is 934. The number of ether oxygens (including phenoxy) is 2. The molecule has 1 heterocycles. The molecule has 3 rings (SSSR count). The Kier molecular flexibility index (Phi) is 7.33. The lowest BCUT2D eigenvalue weighted by Gasteiger charge is -2.31. The molecule has 2 aromatic rings. The number of carbonyl (C=O) groups is 1. The highest BCUT2D eigenvalue weighted by Gasteiger charge is 2.29. The average molecular weight is 433 g/mol. The summed E-state index contributed by atoms with van der Waals surface area (Å²) in [6.45, 7) is 3.28. The minimum absolute atomic E-state index is 0.0254. The summed E-state index contributed by atoms with van der Waals surface area (Å²) >= 11 is 0. The van der Waals surface area contributed by atoms with E-state index in [2.05, 4.69) is 5.32 Å². The van der Waals surface area contributed by atoms with Gasteiger partial charge in [0.25, 0.3) is 0 Å². The Hall–Kier alpha value is -2.58. The molecule has 0 bridgehead atoms. The number of carbonyl (C=O) groups excluding carboxylic acids is 1. The summed E-state index contributed by atoms with van der Waals surface area (Å²) in [6, 6.07) is 13.8. The number of amides is 1. The average Bonchev–Trinajstić information content (AvgIpc) is 2.75. The van der Waals surface area contributed by atoms with Crippen LogP contribution in [-0.2, 0) is 21.2 Å². The van der Waals surface area contributed by atoms with E-state index >= 15 is 0 Å². The number of piperidine rings is 1. The molecule has 0 spiro atoms. The number of sulfonamides is 1. The zero-order chi connectivity index (χ0) is 21.6. The molecular formula is C22H28N2O5S. The predicted octanol–water partition coefficient (Wildman–Crippen LogP) is 2.61. The molecule has 1 N–H and O–H groups in total. The van der Waals surface area contributed by atoms with Crippen LogP contribution in [0, 0.1) is 0 Å². The number of benzene rings is 2. The molecule has 8 heteroatoms. The lowest BCUT2D eigenvalue weighted by atomic mass is 10.1. The van der Waals surface area contributed by atoms with Crippen LogP contribution in [0.3, 0.4) is 0 Å². The summed E-state index contributed by atoms with van der Waals surface area (Å²) in [6.07, 6.45) is 1.46. The van der Waals surface area contributed by atoms with E-state index in [0.29, 0.717) is 38.3 Å². The molecular weight excluding hydrogens is 404 g/mol. The van der Waals surface area contributed by atoms with Crippen LogP contribution in [0.2, 0.25) is 0 Å². The van der Waals surface area contributed by atoms with Gasteiger partial charge in [0.2, 0.25) is 15.9 Å². The van der Waals surface area contributed by atoms with Gasteiger partial charge in [-0.3, -0.25) is 4.79 Å². The van der Waals surface area contributed by atoms with Gasteiger partial charge in [0, 0.05) is 19.1 Å². The molecule has 7 nitrogen and oxygen atoms in total. The van der Waals surface area contributed by atoms with E-state index in [1.165, 1.54) is 4.31 Å². The summed E-state index contributed by atoms with van der Waals surface area (Å²) in [4.78, 5) is 12.6. The first kappa shape index (κ1) is 22.1. The van der Waals surface area contributed by atoms with Crippen molar-refractivity contribution in [2.75, 3.05) is 26.8 Å². The van der Waals surface area contributed by atoms with Crippen LogP contribution in [0.15, 0.2) is 53.4 Å². The Morgan fingerprint density at radius 1 is 1.03 bits per heavy atom. The molecule has 1 aliphatic rings. The lowest BCUT2D eigenvalue weighted by molar-refractivity contribution is -0.121. The Balaban J connectivity index is 1.50. The fourth-order valence-electron chi connectivity index (χ4n) is 3.47. The number of hydrogen-bond donors (Lipinski definition) is 1. The van der Waals surface area contributed by atoms with Crippen LogP contribution in [0.5, 0.6) is 11.5 Å². The second-order valence-corrected chi connectivity index (χ2v) is 9.11. The minimum atomic E-state index is -3.54. The Morgan fingerprint density at radius 2 is 1.63 bits per heavy atom. The smallest absolute Gasteiger partial charge is 0.243 e. The highest BCUT2D eigenvalue weighted by atomic mass is 32.2. The van der Waals surface area contributed by atoms with Crippen LogP contribution in [0.1, 0.15) is 25.3 Å². The Morgan fingerprint density at radius 3 is 2.20 bits per heavy atom. The maximum atomic E-state index is 12.8. The minimum Gasteiger partial charge on any atom is -0.497 e. The number of methoxy groups -OCH3 is 1. The van der Waals surface area contributed by atoms with Gasteiger partial charge in [-0.05, 0) is 61.7 Å². The van der Waals surface area contributed by atoms with Crippen molar-refractivity contribution in [3.8, 4) is 11.5 Å². The zero-order valence-electron chi connectivity index (χ0n) is 17.3. The molecule has 30 heavy (non-hydrogen) atoms. The second-order valence-electron chi connectivity index (χ2n) is 7.18. The quantitative estimate of drug-likeness (QED) is 0.693. The summed E-state index contributed by atoms with van der Waals surface area (Å²) < 4.78 is 37.6. The SMILES string of the molecule is CCOc1ccc(CC(=O)NC2CCN(S(=O)(=O)c3ccc(OC)cc3)CC2)cc1. The van der Waals surface area contributed by atoms with Gasteiger partial charge in [0.05, 0.1) is 25.0 Å². The molecule has 1 fully saturated rings. The summed E-state index contributed by atoms with van der Waals surface area (Å²) in [5, 5.41) is 3.03. The van der Waals surface area contributed by atoms with Gasteiger partial charge in [-0.25, -0.2) is 8.42 Å². The third-order valence-corrected chi connectivity index (χ3v) is 7.03. The van der Waals surface area contributed by atoms with Gasteiger partial charge in [0.15, 0.2) is 0 Å². The molecule has 0 aliphatic carbocycles. The van der Waals surface area contributed by atoms with Crippen molar-refractivity contribution >= 4 is 15.9 Å². The molecule has 0 aromatic heterocycles. The number of rotatable bonds is 8. The van der Waals surface area contributed by atoms with Crippen molar-refractivity contribution in [3.05, 3.63) is 54.1 Å². The number of hydrogen-bond acceptors (Lipinski definition) is 5. The first-order chi connectivity index (χ1) is 14.4. The molecule has 0 unspecified atom stereocenters. The highest BCUT2D eigenvalue weighted by molar-refractivity contribution is 7.89. The van der Waals surface area contributed by atoms with Crippen molar-refractivity contribution in [2.45, 2.75) is 37.1 Å². The van der Waals surface area contributed by atoms with Gasteiger partial charge >= 0.3 is 0 Å². The van der Waals surface area contributed by atoms with Gasteiger partial charge in [-0.15, -0.1) is 0 Å². The Labute approximate surface area is 178 Å². The molecule has 1 saturated heterocycles. The fourth-order valence-corrected chi connectivity index (χ4v) is 4.94. The van der Waals surface area contributed by atoms with Crippen molar-refractivity contribution in [1.29, 1.82) is 0 Å². The molecule has 2 aromatic carbocycles. The van der Waals surface area contributed by atoms with Crippen molar-refractivity contribution in [2.24, 2.45) is 0 Å². The topological polar surface area (TPSA) is 84.9 Å². The normalized spacial score (nSPS) is 15.5. The fraction of sp³-hybridized carbons (Fsp3) is 0.409. The maximum Gasteiger partial charge on any atom is 0.243 e. The maximum absolute atomic E-state index is 12.8. The standard InChI is InChI=1S/C22H28N2O5S/c1-3-29-20-6-4-17(5-7-20)16-22(25)23-18-12-14-24(15-13-18)30(26,27)21-10-8-19(28-2)9-11-21/h4-11,18H,3,12-16H2,1-2H3,(H,23,25). The zero-order valence-corrected chi connectivity index (χ0v) is 18.2. The van der Waals surface area contributed by atoms with E-state index in [4.69, 9.17) is 9.47 Å². The van der Waals surface area contributed by atoms with Crippen molar-refractivity contribution in [3.63, 3.8) is 0 Å². The van der Waals surface area contributed by atoms with Crippen LogP contribution >= 0.6 is 0 Å². The van der Waals surface area contributed by atoms with E-state index < -0.39 is 10.0 Å². The lowest BCUT2D eigenvalue weighted by Crippen LogP contribution is -2.46. The summed E-state index contributed by atoms with van der Waals surface area (Å²) in [5.74, 6) is 1.34. The third kappa shape index (κ3) is 5.52. The van der Waals surface area contributed by atoms with Crippen molar-refractivity contribution < 1.29 is 22.7 Å². The number of nitrogens with zero attached hydrogens (tertiary/aromatic N) is 1. The van der Waals surface area contributed by atoms with Gasteiger partial charge in [-0.2, -0.15) is 4.31 Å². The van der Waals surface area contributed by atoms with Crippen molar-refractivity contribution in [1.82, 2.24) is 9.62 Å². The third-order valence-electron chi connectivity index (χ3n) is 5.12. The molecule has 1 amide bonds. The van der Waals surface area contributed by atoms with Crippen LogP contribution in [-0.4, -0.2) is 51.5 Å². The highest BCUT2D eigenvalue weighted by Crippen LogP contribution is 2.23. The van der Waals surface area contributed by atoms with Gasteiger partial charge in [-0.1, -0.05) is 12.1 Å². The van der Waals surface area contributed by atoms with Crippen LogP contribution in [0.25, 0.3) is 0 Å². The monoisotopic (exact) mass is 432 g/mol. The van der Waals surface area contributed by atoms with E-state index in [9.17, 15) is 13.2 Å². The molecule has 0 atom stereocenters. The largest absolute Gasteiger partial charge is 0.497 e. The molecule has 162 valence electrons. The molecule has 1 aliphatic heterocycles. The van der Waals surface area contributed by atoms with Crippen LogP contribution < -0.4 is 14.8 Å². The second kappa shape index (κ2) is 9.95. The summed E-state index contributed by atoms with van der Waals surface area (Å²) in [7, 11) is -2.00. The van der Waals surface area contributed by atoms with Gasteiger partial charge < -0.3 is 14.8 Å². The molecule has 0 radical (unpaired) electrons. The van der Waals surface area contributed by atoms with E-state index in [-0.39, 0.29) is 23.3 Å².